The van der Waals surface area contributed by atoms with Crippen molar-refractivity contribution < 1.29 is 13.9 Å². The molecule has 3 aromatic rings. The summed E-state index contributed by atoms with van der Waals surface area (Å²) in [5.74, 6) is 1.85. The average molecular weight is 362 g/mol. The number of aryl methyl sites for hydroxylation is 1. The number of anilines is 1. The molecule has 0 atom stereocenters. The van der Waals surface area contributed by atoms with Gasteiger partial charge in [-0.2, -0.15) is 10.4 Å². The van der Waals surface area contributed by atoms with Gasteiger partial charge in [-0.3, -0.25) is 0 Å². The molecule has 0 saturated carbocycles. The molecular weight excluding hydrogens is 344 g/mol. The number of hydrogen-bond donors (Lipinski definition) is 1. The molecule has 0 amide bonds. The molecule has 0 fully saturated rings. The van der Waals surface area contributed by atoms with Gasteiger partial charge in [0.15, 0.2) is 17.4 Å². The third kappa shape index (κ3) is 4.64. The molecule has 0 saturated heterocycles. The Morgan fingerprint density at radius 2 is 2.04 bits per heavy atom. The smallest absolute Gasteiger partial charge is 0.252 e. The first-order chi connectivity index (χ1) is 13.2. The van der Waals surface area contributed by atoms with E-state index in [4.69, 9.17) is 19.2 Å². The Morgan fingerprint density at radius 3 is 2.78 bits per heavy atom. The van der Waals surface area contributed by atoms with Crippen molar-refractivity contribution >= 4 is 12.1 Å². The van der Waals surface area contributed by atoms with Crippen molar-refractivity contribution in [1.82, 2.24) is 4.98 Å². The lowest BCUT2D eigenvalue weighted by Gasteiger charge is -2.11. The number of methoxy groups -OCH3 is 1. The van der Waals surface area contributed by atoms with Crippen molar-refractivity contribution in [1.29, 1.82) is 5.26 Å². The molecule has 0 spiro atoms. The van der Waals surface area contributed by atoms with Gasteiger partial charge < -0.3 is 13.9 Å². The molecule has 3 rings (SSSR count). The maximum atomic E-state index is 8.99. The summed E-state index contributed by atoms with van der Waals surface area (Å²) >= 11 is 0. The molecule has 0 bridgehead atoms. The van der Waals surface area contributed by atoms with Gasteiger partial charge in [0.1, 0.15) is 12.7 Å². The van der Waals surface area contributed by atoms with Crippen LogP contribution in [0, 0.1) is 18.3 Å². The number of nitrogens with one attached hydrogen (secondary N) is 1. The highest BCUT2D eigenvalue weighted by Crippen LogP contribution is 2.28. The van der Waals surface area contributed by atoms with Crippen LogP contribution in [0.2, 0.25) is 0 Å². The Morgan fingerprint density at radius 1 is 1.22 bits per heavy atom. The molecule has 7 nitrogen and oxygen atoms in total. The fourth-order valence-electron chi connectivity index (χ4n) is 2.36. The molecule has 0 aliphatic heterocycles. The van der Waals surface area contributed by atoms with Crippen LogP contribution in [0.15, 0.2) is 58.0 Å². The lowest BCUT2D eigenvalue weighted by Crippen LogP contribution is -1.98. The van der Waals surface area contributed by atoms with Crippen LogP contribution in [0.1, 0.15) is 22.7 Å². The van der Waals surface area contributed by atoms with E-state index in [2.05, 4.69) is 15.5 Å². The lowest BCUT2D eigenvalue weighted by atomic mass is 10.2. The SMILES string of the molecule is COc1cc(/C=N/Nc2oc(C)nc2C#N)ccc1OCc1ccccc1. The number of oxazole rings is 1. The zero-order valence-corrected chi connectivity index (χ0v) is 15.0. The quantitative estimate of drug-likeness (QED) is 0.506. The van der Waals surface area contributed by atoms with Gasteiger partial charge >= 0.3 is 0 Å². The second-order valence-corrected chi connectivity index (χ2v) is 5.58. The van der Waals surface area contributed by atoms with Crippen LogP contribution in [0.3, 0.4) is 0 Å². The van der Waals surface area contributed by atoms with Crippen molar-refractivity contribution in [2.45, 2.75) is 13.5 Å². The van der Waals surface area contributed by atoms with Crippen LogP contribution in [-0.2, 0) is 6.61 Å². The summed E-state index contributed by atoms with van der Waals surface area (Å²) in [6.45, 7) is 2.11. The summed E-state index contributed by atoms with van der Waals surface area (Å²) in [5.41, 5.74) is 4.70. The van der Waals surface area contributed by atoms with E-state index in [9.17, 15) is 0 Å². The second-order valence-electron chi connectivity index (χ2n) is 5.58. The monoisotopic (exact) mass is 362 g/mol. The zero-order valence-electron chi connectivity index (χ0n) is 15.0. The fourth-order valence-corrected chi connectivity index (χ4v) is 2.36. The number of hydrogen-bond acceptors (Lipinski definition) is 7. The maximum Gasteiger partial charge on any atom is 0.252 e. The van der Waals surface area contributed by atoms with Crippen LogP contribution in [0.25, 0.3) is 0 Å². The molecule has 1 heterocycles. The van der Waals surface area contributed by atoms with Crippen LogP contribution in [0.5, 0.6) is 11.5 Å². The predicted octanol–water partition coefficient (Wildman–Crippen LogP) is 3.89. The summed E-state index contributed by atoms with van der Waals surface area (Å²) < 4.78 is 16.5. The van der Waals surface area contributed by atoms with Gasteiger partial charge in [0.2, 0.25) is 5.69 Å². The number of nitriles is 1. The van der Waals surface area contributed by atoms with Gasteiger partial charge in [-0.15, -0.1) is 0 Å². The molecule has 1 aromatic heterocycles. The number of ether oxygens (including phenoxy) is 2. The van der Waals surface area contributed by atoms with Crippen LogP contribution >= 0.6 is 0 Å². The highest BCUT2D eigenvalue weighted by Gasteiger charge is 2.09. The van der Waals surface area contributed by atoms with E-state index in [0.717, 1.165) is 11.1 Å². The van der Waals surface area contributed by atoms with Gasteiger partial charge in [-0.05, 0) is 29.3 Å². The van der Waals surface area contributed by atoms with Gasteiger partial charge in [0, 0.05) is 6.92 Å². The number of benzene rings is 2. The minimum absolute atomic E-state index is 0.159. The van der Waals surface area contributed by atoms with E-state index < -0.39 is 0 Å². The topological polar surface area (TPSA) is 92.7 Å². The number of rotatable bonds is 7. The van der Waals surface area contributed by atoms with Crippen LogP contribution in [0.4, 0.5) is 5.88 Å². The molecule has 0 aliphatic rings. The van der Waals surface area contributed by atoms with Gasteiger partial charge in [-0.1, -0.05) is 30.3 Å². The third-order valence-electron chi connectivity index (χ3n) is 3.64. The van der Waals surface area contributed by atoms with E-state index in [1.807, 2.05) is 54.6 Å². The van der Waals surface area contributed by atoms with Crippen molar-refractivity contribution in [3.63, 3.8) is 0 Å². The Balaban J connectivity index is 1.67. The Labute approximate surface area is 156 Å². The van der Waals surface area contributed by atoms with Crippen LogP contribution < -0.4 is 14.9 Å². The highest BCUT2D eigenvalue weighted by atomic mass is 16.5. The van der Waals surface area contributed by atoms with E-state index in [1.165, 1.54) is 0 Å². The van der Waals surface area contributed by atoms with Gasteiger partial charge in [0.25, 0.3) is 5.88 Å². The average Bonchev–Trinajstić information content (AvgIpc) is 3.07. The predicted molar refractivity (Wildman–Crippen MR) is 101 cm³/mol. The lowest BCUT2D eigenvalue weighted by molar-refractivity contribution is 0.284. The van der Waals surface area contributed by atoms with Crippen molar-refractivity contribution in [3.8, 4) is 17.6 Å². The molecule has 1 N–H and O–H groups in total. The van der Waals surface area contributed by atoms with Crippen molar-refractivity contribution in [3.05, 3.63) is 71.2 Å². The molecular formula is C20H18N4O3. The second kappa shape index (κ2) is 8.54. The Bertz CT molecular complexity index is 975. The van der Waals surface area contributed by atoms with Crippen LogP contribution in [-0.4, -0.2) is 18.3 Å². The van der Waals surface area contributed by atoms with E-state index in [1.54, 1.807) is 20.2 Å². The number of aromatic nitrogens is 1. The molecule has 27 heavy (non-hydrogen) atoms. The summed E-state index contributed by atoms with van der Waals surface area (Å²) in [6.07, 6.45) is 1.59. The first kappa shape index (κ1) is 18.0. The summed E-state index contributed by atoms with van der Waals surface area (Å²) in [6, 6.07) is 17.3. The molecule has 0 radical (unpaired) electrons. The minimum atomic E-state index is 0.159. The molecule has 0 unspecified atom stereocenters. The number of hydrazone groups is 1. The number of nitrogens with zero attached hydrogens (tertiary/aromatic N) is 3. The Kier molecular flexibility index (Phi) is 5.70. The van der Waals surface area contributed by atoms with Gasteiger partial charge in [0.05, 0.1) is 13.3 Å². The standard InChI is InChI=1S/C20H18N4O3/c1-14-23-17(11-21)20(27-14)24-22-12-16-8-9-18(19(10-16)25-2)26-13-15-6-4-3-5-7-15/h3-10,12,24H,13H2,1-2H3/b22-12+. The third-order valence-corrected chi connectivity index (χ3v) is 3.64. The van der Waals surface area contributed by atoms with E-state index in [0.29, 0.717) is 24.0 Å². The maximum absolute atomic E-state index is 8.99. The highest BCUT2D eigenvalue weighted by molar-refractivity contribution is 5.81. The normalized spacial score (nSPS) is 10.6. The molecule has 136 valence electrons. The zero-order chi connectivity index (χ0) is 19.1. The largest absolute Gasteiger partial charge is 0.493 e. The van der Waals surface area contributed by atoms with Gasteiger partial charge in [-0.25, -0.2) is 10.4 Å². The van der Waals surface area contributed by atoms with Crippen molar-refractivity contribution in [2.24, 2.45) is 5.10 Å². The molecule has 0 aliphatic carbocycles. The molecule has 7 heteroatoms. The fraction of sp³-hybridized carbons (Fsp3) is 0.150. The first-order valence-corrected chi connectivity index (χ1v) is 8.21. The van der Waals surface area contributed by atoms with E-state index in [-0.39, 0.29) is 11.6 Å². The van der Waals surface area contributed by atoms with Crippen molar-refractivity contribution in [2.75, 3.05) is 12.5 Å². The summed E-state index contributed by atoms with van der Waals surface area (Å²) in [5, 5.41) is 13.1. The summed E-state index contributed by atoms with van der Waals surface area (Å²) in [4.78, 5) is 3.94. The van der Waals surface area contributed by atoms with E-state index >= 15 is 0 Å². The summed E-state index contributed by atoms with van der Waals surface area (Å²) in [7, 11) is 1.58. The molecule has 2 aromatic carbocycles. The minimum Gasteiger partial charge on any atom is -0.493 e. The Hall–Kier alpha value is -3.79. The first-order valence-electron chi connectivity index (χ1n) is 8.21.